The van der Waals surface area contributed by atoms with Crippen LogP contribution in [0.15, 0.2) is 47.2 Å². The Morgan fingerprint density at radius 3 is 2.25 bits per heavy atom. The van der Waals surface area contributed by atoms with E-state index in [9.17, 15) is 0 Å². The number of rotatable bonds is 3. The van der Waals surface area contributed by atoms with Gasteiger partial charge in [0.05, 0.1) is 4.47 Å². The van der Waals surface area contributed by atoms with E-state index < -0.39 is 0 Å². The molecule has 2 heterocycles. The molecule has 1 saturated heterocycles. The summed E-state index contributed by atoms with van der Waals surface area (Å²) in [6.45, 7) is 5.08. The third-order valence-electron chi connectivity index (χ3n) is 3.51. The minimum absolute atomic E-state index is 0.826. The zero-order valence-electron chi connectivity index (χ0n) is 11.2. The second-order valence-corrected chi connectivity index (χ2v) is 5.87. The van der Waals surface area contributed by atoms with Crippen LogP contribution >= 0.6 is 15.9 Å². The molecule has 5 heteroatoms. The summed E-state index contributed by atoms with van der Waals surface area (Å²) in [4.78, 5) is 13.4. The van der Waals surface area contributed by atoms with Crippen molar-refractivity contribution >= 4 is 21.9 Å². The fraction of sp³-hybridized carbons (Fsp3) is 0.333. The second kappa shape index (κ2) is 6.33. The highest BCUT2D eigenvalue weighted by molar-refractivity contribution is 9.10. The van der Waals surface area contributed by atoms with Gasteiger partial charge in [-0.3, -0.25) is 4.90 Å². The van der Waals surface area contributed by atoms with Crippen molar-refractivity contribution in [2.24, 2.45) is 0 Å². The molecule has 0 N–H and O–H groups in total. The summed E-state index contributed by atoms with van der Waals surface area (Å²) in [7, 11) is 0. The van der Waals surface area contributed by atoms with Gasteiger partial charge in [-0.05, 0) is 21.5 Å². The van der Waals surface area contributed by atoms with E-state index >= 15 is 0 Å². The number of aromatic nitrogens is 2. The first-order valence-electron chi connectivity index (χ1n) is 6.80. The van der Waals surface area contributed by atoms with Crippen molar-refractivity contribution in [1.29, 1.82) is 0 Å². The third-order valence-corrected chi connectivity index (χ3v) is 3.92. The van der Waals surface area contributed by atoms with Crippen molar-refractivity contribution < 1.29 is 0 Å². The Morgan fingerprint density at radius 2 is 1.60 bits per heavy atom. The average molecular weight is 333 g/mol. The van der Waals surface area contributed by atoms with Crippen LogP contribution in [-0.4, -0.2) is 41.0 Å². The monoisotopic (exact) mass is 332 g/mol. The van der Waals surface area contributed by atoms with Gasteiger partial charge in [-0.1, -0.05) is 30.3 Å². The molecule has 1 aromatic heterocycles. The van der Waals surface area contributed by atoms with Crippen LogP contribution in [0.2, 0.25) is 0 Å². The van der Waals surface area contributed by atoms with Crippen LogP contribution in [0.1, 0.15) is 5.56 Å². The molecule has 1 aliphatic rings. The SMILES string of the molecule is Brc1cnc(N2CCN(Cc3ccccc3)CC2)nc1. The Balaban J connectivity index is 1.55. The van der Waals surface area contributed by atoms with Crippen molar-refractivity contribution in [3.63, 3.8) is 0 Å². The highest BCUT2D eigenvalue weighted by Crippen LogP contribution is 2.14. The molecule has 0 aliphatic carbocycles. The van der Waals surface area contributed by atoms with Crippen LogP contribution in [0, 0.1) is 0 Å². The summed E-state index contributed by atoms with van der Waals surface area (Å²) in [5, 5.41) is 0. The Labute approximate surface area is 127 Å². The van der Waals surface area contributed by atoms with E-state index in [-0.39, 0.29) is 0 Å². The van der Waals surface area contributed by atoms with Gasteiger partial charge < -0.3 is 4.90 Å². The Hall–Kier alpha value is -1.46. The topological polar surface area (TPSA) is 32.3 Å². The highest BCUT2D eigenvalue weighted by atomic mass is 79.9. The first kappa shape index (κ1) is 13.5. The molecule has 4 nitrogen and oxygen atoms in total. The summed E-state index contributed by atoms with van der Waals surface area (Å²) in [6, 6.07) is 10.6. The molecule has 104 valence electrons. The number of anilines is 1. The maximum absolute atomic E-state index is 4.36. The minimum Gasteiger partial charge on any atom is -0.338 e. The van der Waals surface area contributed by atoms with Gasteiger partial charge in [-0.15, -0.1) is 0 Å². The number of benzene rings is 1. The predicted molar refractivity (Wildman–Crippen MR) is 83.7 cm³/mol. The Bertz CT molecular complexity index is 536. The molecule has 1 fully saturated rings. The van der Waals surface area contributed by atoms with E-state index in [4.69, 9.17) is 0 Å². The first-order chi connectivity index (χ1) is 9.81. The maximum Gasteiger partial charge on any atom is 0.225 e. The summed E-state index contributed by atoms with van der Waals surface area (Å²) in [5.74, 6) is 0.826. The Kier molecular flexibility index (Phi) is 4.28. The number of nitrogens with zero attached hydrogens (tertiary/aromatic N) is 4. The molecule has 3 rings (SSSR count). The maximum atomic E-state index is 4.36. The molecule has 1 aliphatic heterocycles. The van der Waals surface area contributed by atoms with Crippen molar-refractivity contribution in [2.75, 3.05) is 31.1 Å². The van der Waals surface area contributed by atoms with Gasteiger partial charge in [0.2, 0.25) is 5.95 Å². The summed E-state index contributed by atoms with van der Waals surface area (Å²) >= 11 is 3.36. The molecule has 0 spiro atoms. The van der Waals surface area contributed by atoms with Crippen LogP contribution < -0.4 is 4.90 Å². The largest absolute Gasteiger partial charge is 0.338 e. The molecule has 1 aromatic carbocycles. The standard InChI is InChI=1S/C15H17BrN4/c16-14-10-17-15(18-11-14)20-8-6-19(7-9-20)12-13-4-2-1-3-5-13/h1-5,10-11H,6-9,12H2. The number of hydrogen-bond acceptors (Lipinski definition) is 4. The zero-order valence-corrected chi connectivity index (χ0v) is 12.8. The molecule has 0 unspecified atom stereocenters. The summed E-state index contributed by atoms with van der Waals surface area (Å²) in [6.07, 6.45) is 3.61. The van der Waals surface area contributed by atoms with Crippen molar-refractivity contribution in [1.82, 2.24) is 14.9 Å². The molecular formula is C15H17BrN4. The number of hydrogen-bond donors (Lipinski definition) is 0. The van der Waals surface area contributed by atoms with Crippen LogP contribution in [0.4, 0.5) is 5.95 Å². The molecule has 2 aromatic rings. The molecule has 0 saturated carbocycles. The molecule has 0 bridgehead atoms. The molecular weight excluding hydrogens is 316 g/mol. The van der Waals surface area contributed by atoms with Crippen LogP contribution in [0.3, 0.4) is 0 Å². The lowest BCUT2D eigenvalue weighted by Gasteiger charge is -2.34. The van der Waals surface area contributed by atoms with E-state index in [0.29, 0.717) is 0 Å². The van der Waals surface area contributed by atoms with Gasteiger partial charge in [0.1, 0.15) is 0 Å². The van der Waals surface area contributed by atoms with Gasteiger partial charge >= 0.3 is 0 Å². The lowest BCUT2D eigenvalue weighted by atomic mass is 10.2. The summed E-state index contributed by atoms with van der Waals surface area (Å²) < 4.78 is 0.920. The van der Waals surface area contributed by atoms with Gasteiger partial charge in [0.25, 0.3) is 0 Å². The van der Waals surface area contributed by atoms with E-state index in [1.165, 1.54) is 5.56 Å². The second-order valence-electron chi connectivity index (χ2n) is 4.95. The van der Waals surface area contributed by atoms with Crippen molar-refractivity contribution in [3.8, 4) is 0 Å². The fourth-order valence-electron chi connectivity index (χ4n) is 2.42. The first-order valence-corrected chi connectivity index (χ1v) is 7.59. The van der Waals surface area contributed by atoms with Gasteiger partial charge in [-0.2, -0.15) is 0 Å². The molecule has 20 heavy (non-hydrogen) atoms. The van der Waals surface area contributed by atoms with Gasteiger partial charge in [0.15, 0.2) is 0 Å². The van der Waals surface area contributed by atoms with Crippen LogP contribution in [-0.2, 0) is 6.54 Å². The van der Waals surface area contributed by atoms with Crippen molar-refractivity contribution in [3.05, 3.63) is 52.8 Å². The van der Waals surface area contributed by atoms with E-state index in [1.54, 1.807) is 12.4 Å². The lowest BCUT2D eigenvalue weighted by Crippen LogP contribution is -2.46. The van der Waals surface area contributed by atoms with E-state index in [0.717, 1.165) is 43.1 Å². The van der Waals surface area contributed by atoms with Crippen LogP contribution in [0.5, 0.6) is 0 Å². The average Bonchev–Trinajstić information content (AvgIpc) is 2.50. The van der Waals surface area contributed by atoms with E-state index in [1.807, 2.05) is 0 Å². The van der Waals surface area contributed by atoms with Crippen LogP contribution in [0.25, 0.3) is 0 Å². The smallest absolute Gasteiger partial charge is 0.225 e. The fourth-order valence-corrected chi connectivity index (χ4v) is 2.62. The Morgan fingerprint density at radius 1 is 0.950 bits per heavy atom. The van der Waals surface area contributed by atoms with Gasteiger partial charge in [0, 0.05) is 45.1 Å². The minimum atomic E-state index is 0.826. The normalized spacial score (nSPS) is 16.4. The number of piperazine rings is 1. The quantitative estimate of drug-likeness (QED) is 0.864. The van der Waals surface area contributed by atoms with Gasteiger partial charge in [-0.25, -0.2) is 9.97 Å². The molecule has 0 atom stereocenters. The highest BCUT2D eigenvalue weighted by Gasteiger charge is 2.18. The zero-order chi connectivity index (χ0) is 13.8. The third kappa shape index (κ3) is 3.35. The lowest BCUT2D eigenvalue weighted by molar-refractivity contribution is 0.248. The molecule has 0 radical (unpaired) electrons. The predicted octanol–water partition coefficient (Wildman–Crippen LogP) is 2.56. The summed E-state index contributed by atoms with van der Waals surface area (Å²) in [5.41, 5.74) is 1.38. The van der Waals surface area contributed by atoms with E-state index in [2.05, 4.69) is 66.0 Å². The molecule has 0 amide bonds. The van der Waals surface area contributed by atoms with Crippen molar-refractivity contribution in [2.45, 2.75) is 6.54 Å². The number of halogens is 1.